The molecule has 10 heteroatoms. The van der Waals surface area contributed by atoms with E-state index in [1.807, 2.05) is 0 Å². The summed E-state index contributed by atoms with van der Waals surface area (Å²) < 4.78 is 6.75. The molecule has 0 bridgehead atoms. The van der Waals surface area contributed by atoms with Crippen molar-refractivity contribution in [3.05, 3.63) is 18.1 Å². The molecule has 0 saturated carbocycles. The highest BCUT2D eigenvalue weighted by Gasteiger charge is 2.55. The molecule has 22 heavy (non-hydrogen) atoms. The first kappa shape index (κ1) is 14.7. The molecule has 0 spiro atoms. The van der Waals surface area contributed by atoms with E-state index < -0.39 is 30.5 Å². The van der Waals surface area contributed by atoms with Crippen LogP contribution in [0.15, 0.2) is 12.4 Å². The summed E-state index contributed by atoms with van der Waals surface area (Å²) in [6.45, 7) is -0.770. The molecule has 2 aromatic rings. The van der Waals surface area contributed by atoms with Crippen LogP contribution in [0.5, 0.6) is 0 Å². The molecule has 9 nitrogen and oxygen atoms in total. The number of hydrogen-bond acceptors (Lipinski definition) is 8. The van der Waals surface area contributed by atoms with Crippen LogP contribution in [0.4, 0.5) is 5.82 Å². The van der Waals surface area contributed by atoms with Crippen LogP contribution in [0.1, 0.15) is 11.8 Å². The molecule has 5 N–H and O–H groups in total. The van der Waals surface area contributed by atoms with Gasteiger partial charge in [-0.3, -0.25) is 0 Å². The average molecular weight is 301 g/mol. The van der Waals surface area contributed by atoms with Crippen molar-refractivity contribution in [1.29, 1.82) is 5.26 Å². The summed E-state index contributed by atoms with van der Waals surface area (Å²) in [6.07, 6.45) is -2.94. The van der Waals surface area contributed by atoms with Crippen LogP contribution in [-0.4, -0.2) is 62.2 Å². The molecule has 3 heterocycles. The SMILES string of the molecule is [B]c1cc([C@@H]2O[C@](C#N)(CO)[C@@H](O)[C@H]2O)n2ncnc(N)c12. The van der Waals surface area contributed by atoms with Crippen molar-refractivity contribution in [3.8, 4) is 6.07 Å². The van der Waals surface area contributed by atoms with E-state index in [0.717, 1.165) is 0 Å². The molecule has 1 aliphatic heterocycles. The standard InChI is InChI=1S/C12H12BN5O4/c13-5-1-6(18-7(5)11(15)16-4-17-18)9-8(20)10(21)12(2-14,3-19)22-9/h1,4,8-10,19-21H,3H2,(H2,15,16,17)/t8-,9-,10-,12+/m0/s1. The third kappa shape index (κ3) is 1.81. The minimum Gasteiger partial charge on any atom is -0.392 e. The Bertz CT molecular complexity index is 775. The Balaban J connectivity index is 2.14. The Morgan fingerprint density at radius 3 is 2.86 bits per heavy atom. The van der Waals surface area contributed by atoms with Crippen molar-refractivity contribution in [1.82, 2.24) is 14.6 Å². The van der Waals surface area contributed by atoms with Gasteiger partial charge in [0, 0.05) is 0 Å². The first-order chi connectivity index (χ1) is 10.4. The number of aliphatic hydroxyl groups excluding tert-OH is 3. The van der Waals surface area contributed by atoms with E-state index in [9.17, 15) is 15.3 Å². The molecule has 2 radical (unpaired) electrons. The molecule has 1 aliphatic rings. The molecular weight excluding hydrogens is 289 g/mol. The third-order valence-corrected chi connectivity index (χ3v) is 3.80. The van der Waals surface area contributed by atoms with Gasteiger partial charge in [-0.1, -0.05) is 5.46 Å². The van der Waals surface area contributed by atoms with Gasteiger partial charge in [-0.2, -0.15) is 10.4 Å². The summed E-state index contributed by atoms with van der Waals surface area (Å²) in [4.78, 5) is 3.82. The molecule has 0 unspecified atom stereocenters. The van der Waals surface area contributed by atoms with E-state index in [1.54, 1.807) is 6.07 Å². The fourth-order valence-electron chi connectivity index (χ4n) is 2.63. The summed E-state index contributed by atoms with van der Waals surface area (Å²) in [5.74, 6) is 0.139. The number of ether oxygens (including phenoxy) is 1. The van der Waals surface area contributed by atoms with Gasteiger partial charge in [-0.15, -0.1) is 0 Å². The highest BCUT2D eigenvalue weighted by Crippen LogP contribution is 2.39. The van der Waals surface area contributed by atoms with Gasteiger partial charge in [0.25, 0.3) is 0 Å². The van der Waals surface area contributed by atoms with E-state index >= 15 is 0 Å². The molecule has 2 aromatic heterocycles. The Hall–Kier alpha value is -2.19. The Morgan fingerprint density at radius 1 is 1.55 bits per heavy atom. The molecule has 0 aliphatic carbocycles. The van der Waals surface area contributed by atoms with Gasteiger partial charge in [-0.25, -0.2) is 9.50 Å². The molecule has 3 rings (SSSR count). The van der Waals surface area contributed by atoms with Crippen molar-refractivity contribution >= 4 is 24.6 Å². The zero-order valence-corrected chi connectivity index (χ0v) is 11.3. The first-order valence-electron chi connectivity index (χ1n) is 6.39. The zero-order chi connectivity index (χ0) is 16.1. The van der Waals surface area contributed by atoms with E-state index in [0.29, 0.717) is 11.2 Å². The zero-order valence-electron chi connectivity index (χ0n) is 11.3. The second kappa shape index (κ2) is 4.93. The average Bonchev–Trinajstić information content (AvgIpc) is 2.98. The number of aliphatic hydroxyl groups is 3. The predicted octanol–water partition coefficient (Wildman–Crippen LogP) is -2.85. The van der Waals surface area contributed by atoms with Crippen molar-refractivity contribution in [2.75, 3.05) is 12.3 Å². The van der Waals surface area contributed by atoms with E-state index in [-0.39, 0.29) is 11.3 Å². The largest absolute Gasteiger partial charge is 0.392 e. The number of nitrogens with zero attached hydrogens (tertiary/aromatic N) is 4. The number of nitrogens with two attached hydrogens (primary N) is 1. The maximum absolute atomic E-state index is 10.2. The minimum absolute atomic E-state index is 0.139. The molecule has 112 valence electrons. The number of nitriles is 1. The topological polar surface area (TPSA) is 150 Å². The molecule has 4 atom stereocenters. The highest BCUT2D eigenvalue weighted by molar-refractivity contribution is 6.37. The molecular formula is C12H12BN5O4. The van der Waals surface area contributed by atoms with Gasteiger partial charge in [0.05, 0.1) is 12.3 Å². The normalized spacial score (nSPS) is 31.5. The minimum atomic E-state index is -1.92. The number of aromatic nitrogens is 3. The molecule has 0 amide bonds. The second-order valence-electron chi connectivity index (χ2n) is 5.06. The number of anilines is 1. The van der Waals surface area contributed by atoms with Crippen LogP contribution < -0.4 is 11.2 Å². The van der Waals surface area contributed by atoms with Crippen LogP contribution in [0.3, 0.4) is 0 Å². The molecule has 1 fully saturated rings. The summed E-state index contributed by atoms with van der Waals surface area (Å²) in [5.41, 5.74) is 4.71. The highest BCUT2D eigenvalue weighted by atomic mass is 16.6. The van der Waals surface area contributed by atoms with Gasteiger partial charge in [0.15, 0.2) is 5.82 Å². The van der Waals surface area contributed by atoms with Crippen LogP contribution in [0, 0.1) is 11.3 Å². The van der Waals surface area contributed by atoms with Gasteiger partial charge in [-0.05, 0) is 6.07 Å². The summed E-state index contributed by atoms with van der Waals surface area (Å²) in [5, 5.41) is 42.7. The van der Waals surface area contributed by atoms with Crippen LogP contribution in [0.2, 0.25) is 0 Å². The lowest BCUT2D eigenvalue weighted by atomic mass is 9.95. The molecule has 1 saturated heterocycles. The lowest BCUT2D eigenvalue weighted by Gasteiger charge is -2.21. The maximum atomic E-state index is 10.2. The maximum Gasteiger partial charge on any atom is 0.206 e. The first-order valence-corrected chi connectivity index (χ1v) is 6.39. The van der Waals surface area contributed by atoms with Crippen LogP contribution >= 0.6 is 0 Å². The van der Waals surface area contributed by atoms with E-state index in [4.69, 9.17) is 23.6 Å². The number of hydrogen-bond donors (Lipinski definition) is 4. The smallest absolute Gasteiger partial charge is 0.206 e. The Kier molecular flexibility index (Phi) is 3.30. The number of nitrogen functional groups attached to an aromatic ring is 1. The lowest BCUT2D eigenvalue weighted by Crippen LogP contribution is -2.44. The van der Waals surface area contributed by atoms with Crippen molar-refractivity contribution in [2.24, 2.45) is 0 Å². The lowest BCUT2D eigenvalue weighted by molar-refractivity contribution is -0.0746. The quantitative estimate of drug-likeness (QED) is 0.433. The third-order valence-electron chi connectivity index (χ3n) is 3.80. The number of rotatable bonds is 2. The van der Waals surface area contributed by atoms with Gasteiger partial charge >= 0.3 is 0 Å². The Labute approximate surface area is 126 Å². The molecule has 0 aromatic carbocycles. The number of fused-ring (bicyclic) bond motifs is 1. The summed E-state index contributed by atoms with van der Waals surface area (Å²) in [7, 11) is 5.86. The van der Waals surface area contributed by atoms with Gasteiger partial charge in [0.2, 0.25) is 5.60 Å². The summed E-state index contributed by atoms with van der Waals surface area (Å²) >= 11 is 0. The Morgan fingerprint density at radius 2 is 2.27 bits per heavy atom. The van der Waals surface area contributed by atoms with Crippen molar-refractivity contribution in [2.45, 2.75) is 23.9 Å². The van der Waals surface area contributed by atoms with E-state index in [1.165, 1.54) is 16.9 Å². The van der Waals surface area contributed by atoms with Gasteiger partial charge < -0.3 is 25.8 Å². The van der Waals surface area contributed by atoms with Crippen molar-refractivity contribution in [3.63, 3.8) is 0 Å². The van der Waals surface area contributed by atoms with Crippen LogP contribution in [-0.2, 0) is 4.74 Å². The van der Waals surface area contributed by atoms with Gasteiger partial charge in [0.1, 0.15) is 44.1 Å². The monoisotopic (exact) mass is 301 g/mol. The fourth-order valence-corrected chi connectivity index (χ4v) is 2.63. The second-order valence-corrected chi connectivity index (χ2v) is 5.06. The van der Waals surface area contributed by atoms with E-state index in [2.05, 4.69) is 10.1 Å². The summed E-state index contributed by atoms with van der Waals surface area (Å²) in [6, 6.07) is 3.16. The van der Waals surface area contributed by atoms with Crippen LogP contribution in [0.25, 0.3) is 5.52 Å². The fraction of sp³-hybridized carbons (Fsp3) is 0.417. The predicted molar refractivity (Wildman–Crippen MR) is 74.1 cm³/mol. The van der Waals surface area contributed by atoms with Crippen molar-refractivity contribution < 1.29 is 20.1 Å².